The van der Waals surface area contributed by atoms with Gasteiger partial charge in [0.25, 0.3) is 0 Å². The first kappa shape index (κ1) is 7.14. The summed E-state index contributed by atoms with van der Waals surface area (Å²) in [6, 6.07) is 0. The van der Waals surface area contributed by atoms with Gasteiger partial charge in [0, 0.05) is 0 Å². The maximum absolute atomic E-state index is 10.2. The number of rotatable bonds is 3. The van der Waals surface area contributed by atoms with Gasteiger partial charge >= 0.3 is 6.47 Å². The molecule has 1 atom stereocenters. The fourth-order valence-corrected chi connectivity index (χ4v) is 0.155. The van der Waals surface area contributed by atoms with E-state index < -0.39 is 6.10 Å². The number of hydrogen-bond donors (Lipinski definition) is 0. The molecule has 0 aromatic heterocycles. The summed E-state index contributed by atoms with van der Waals surface area (Å²) >= 11 is 0. The van der Waals surface area contributed by atoms with Crippen LogP contribution >= 0.6 is 0 Å². The van der Waals surface area contributed by atoms with Crippen molar-refractivity contribution in [3.05, 3.63) is 0 Å². The summed E-state index contributed by atoms with van der Waals surface area (Å²) in [5.41, 5.74) is 0. The molecule has 0 saturated carbocycles. The van der Waals surface area contributed by atoms with Crippen LogP contribution in [0.15, 0.2) is 0 Å². The Morgan fingerprint density at radius 3 is 2.38 bits per heavy atom. The first-order valence-corrected chi connectivity index (χ1v) is 2.21. The molecule has 0 bridgehead atoms. The van der Waals surface area contributed by atoms with Gasteiger partial charge in [0.2, 0.25) is 0 Å². The van der Waals surface area contributed by atoms with Gasteiger partial charge in [-0.1, -0.05) is 0 Å². The molecule has 0 amide bonds. The van der Waals surface area contributed by atoms with Gasteiger partial charge in [-0.2, -0.15) is 0 Å². The second kappa shape index (κ2) is 3.18. The predicted molar refractivity (Wildman–Crippen MR) is 26.9 cm³/mol. The van der Waals surface area contributed by atoms with Crippen LogP contribution in [0.25, 0.3) is 0 Å². The summed E-state index contributed by atoms with van der Waals surface area (Å²) in [5, 5.41) is 0. The van der Waals surface area contributed by atoms with Crippen molar-refractivity contribution >= 4 is 12.3 Å². The maximum Gasteiger partial charge on any atom is 0.418 e. The van der Waals surface area contributed by atoms with E-state index in [1.807, 2.05) is 0 Å². The molecule has 45 valence electrons. The molecule has 0 heterocycles. The summed E-state index contributed by atoms with van der Waals surface area (Å²) in [6.45, 7) is 4.02. The Kier molecular flexibility index (Phi) is 2.84. The summed E-state index contributed by atoms with van der Waals surface area (Å²) in [7, 11) is 0. The van der Waals surface area contributed by atoms with Gasteiger partial charge < -0.3 is 4.74 Å². The van der Waals surface area contributed by atoms with Crippen LogP contribution in [0.1, 0.15) is 13.8 Å². The molecule has 0 fully saturated rings. The minimum atomic E-state index is -0.646. The first-order chi connectivity index (χ1) is 3.68. The van der Waals surface area contributed by atoms with E-state index in [2.05, 4.69) is 4.74 Å². The number of ketones is 1. The fourth-order valence-electron chi connectivity index (χ4n) is 0.155. The molecule has 8 heavy (non-hydrogen) atoms. The molecule has 0 rings (SSSR count). The van der Waals surface area contributed by atoms with Crippen LogP contribution in [-0.2, 0) is 14.3 Å². The molecule has 1 radical (unpaired) electrons. The van der Waals surface area contributed by atoms with Crippen LogP contribution in [0, 0.1) is 0 Å². The van der Waals surface area contributed by atoms with Crippen molar-refractivity contribution < 1.29 is 14.3 Å². The van der Waals surface area contributed by atoms with Gasteiger partial charge in [0.05, 0.1) is 0 Å². The second-order valence-corrected chi connectivity index (χ2v) is 1.45. The molecular weight excluding hydrogens is 108 g/mol. The standard InChI is InChI=1S/C5H7O3/c1-4(7)5(2)8-3-6/h5H,1-2H3. The average Bonchev–Trinajstić information content (AvgIpc) is 1.67. The lowest BCUT2D eigenvalue weighted by Crippen LogP contribution is -2.15. The normalized spacial score (nSPS) is 12.2. The number of hydrogen-bond acceptors (Lipinski definition) is 3. The van der Waals surface area contributed by atoms with Gasteiger partial charge in [-0.15, -0.1) is 0 Å². The number of ether oxygens (including phenoxy) is 1. The Bertz CT molecular complexity index is 97.8. The topological polar surface area (TPSA) is 43.4 Å². The predicted octanol–water partition coefficient (Wildman–Crippen LogP) is 0.0477. The SMILES string of the molecule is CC(=O)C(C)O[C]=O. The van der Waals surface area contributed by atoms with Crippen molar-refractivity contribution in [3.63, 3.8) is 0 Å². The van der Waals surface area contributed by atoms with Gasteiger partial charge in [-0.05, 0) is 13.8 Å². The molecule has 3 nitrogen and oxygen atoms in total. The summed E-state index contributed by atoms with van der Waals surface area (Å²) in [4.78, 5) is 19.7. The van der Waals surface area contributed by atoms with E-state index in [1.54, 1.807) is 0 Å². The third kappa shape index (κ3) is 2.34. The van der Waals surface area contributed by atoms with Crippen molar-refractivity contribution in [2.45, 2.75) is 20.0 Å². The molecule has 0 aliphatic rings. The van der Waals surface area contributed by atoms with Crippen LogP contribution in [0.5, 0.6) is 0 Å². The van der Waals surface area contributed by atoms with E-state index in [1.165, 1.54) is 20.3 Å². The molecule has 0 aliphatic heterocycles. The second-order valence-electron chi connectivity index (χ2n) is 1.45. The van der Waals surface area contributed by atoms with E-state index in [-0.39, 0.29) is 5.78 Å². The zero-order valence-electron chi connectivity index (χ0n) is 4.80. The smallest absolute Gasteiger partial charge is 0.418 e. The highest BCUT2D eigenvalue weighted by molar-refractivity contribution is 5.80. The first-order valence-electron chi connectivity index (χ1n) is 2.21. The van der Waals surface area contributed by atoms with E-state index in [0.717, 1.165) is 0 Å². The lowest BCUT2D eigenvalue weighted by Gasteiger charge is -2.00. The summed E-state index contributed by atoms with van der Waals surface area (Å²) in [6.07, 6.45) is -0.646. The maximum atomic E-state index is 10.2. The number of carbonyl (C=O) groups excluding carboxylic acids is 2. The van der Waals surface area contributed by atoms with E-state index in [9.17, 15) is 9.59 Å². The minimum Gasteiger partial charge on any atom is -0.446 e. The van der Waals surface area contributed by atoms with Crippen molar-refractivity contribution in [3.8, 4) is 0 Å². The van der Waals surface area contributed by atoms with Gasteiger partial charge in [0.15, 0.2) is 11.9 Å². The van der Waals surface area contributed by atoms with E-state index in [4.69, 9.17) is 0 Å². The zero-order chi connectivity index (χ0) is 6.57. The fraction of sp³-hybridized carbons (Fsp3) is 0.600. The molecular formula is C5H7O3. The molecule has 1 unspecified atom stereocenters. The summed E-state index contributed by atoms with van der Waals surface area (Å²) < 4.78 is 4.15. The highest BCUT2D eigenvalue weighted by atomic mass is 16.5. The summed E-state index contributed by atoms with van der Waals surface area (Å²) in [5.74, 6) is -0.173. The minimum absolute atomic E-state index is 0.173. The van der Waals surface area contributed by atoms with Gasteiger partial charge in [-0.3, -0.25) is 4.79 Å². The monoisotopic (exact) mass is 115 g/mol. The molecule has 0 aromatic rings. The van der Waals surface area contributed by atoms with E-state index in [0.29, 0.717) is 0 Å². The third-order valence-electron chi connectivity index (χ3n) is 0.797. The van der Waals surface area contributed by atoms with Crippen molar-refractivity contribution in [1.82, 2.24) is 0 Å². The molecule has 0 spiro atoms. The van der Waals surface area contributed by atoms with Crippen molar-refractivity contribution in [2.75, 3.05) is 0 Å². The quantitative estimate of drug-likeness (QED) is 0.522. The third-order valence-corrected chi connectivity index (χ3v) is 0.797. The highest BCUT2D eigenvalue weighted by Crippen LogP contribution is 1.86. The Hall–Kier alpha value is -0.860. The van der Waals surface area contributed by atoms with Crippen LogP contribution in [0.4, 0.5) is 0 Å². The Morgan fingerprint density at radius 1 is 1.75 bits per heavy atom. The molecule has 0 aliphatic carbocycles. The van der Waals surface area contributed by atoms with Crippen LogP contribution in [0.2, 0.25) is 0 Å². The Labute approximate surface area is 47.6 Å². The molecule has 0 N–H and O–H groups in total. The Balaban J connectivity index is 3.46. The van der Waals surface area contributed by atoms with Crippen molar-refractivity contribution in [1.29, 1.82) is 0 Å². The van der Waals surface area contributed by atoms with Gasteiger partial charge in [0.1, 0.15) is 0 Å². The lowest BCUT2D eigenvalue weighted by atomic mass is 10.3. The van der Waals surface area contributed by atoms with E-state index >= 15 is 0 Å². The average molecular weight is 115 g/mol. The molecule has 0 saturated heterocycles. The van der Waals surface area contributed by atoms with Crippen LogP contribution in [0.3, 0.4) is 0 Å². The van der Waals surface area contributed by atoms with Crippen LogP contribution < -0.4 is 0 Å². The molecule has 0 aromatic carbocycles. The molecule has 3 heteroatoms. The van der Waals surface area contributed by atoms with Crippen molar-refractivity contribution in [2.24, 2.45) is 0 Å². The Morgan fingerprint density at radius 2 is 2.25 bits per heavy atom. The number of carbonyl (C=O) groups is 1. The van der Waals surface area contributed by atoms with Crippen LogP contribution in [-0.4, -0.2) is 18.4 Å². The van der Waals surface area contributed by atoms with Gasteiger partial charge in [-0.25, -0.2) is 4.79 Å². The number of Topliss-reactive ketones (excluding diaryl/α,β-unsaturated/α-hetero) is 1. The largest absolute Gasteiger partial charge is 0.446 e. The highest BCUT2D eigenvalue weighted by Gasteiger charge is 2.05. The zero-order valence-corrected chi connectivity index (χ0v) is 4.80. The lowest BCUT2D eigenvalue weighted by molar-refractivity contribution is -0.123.